The van der Waals surface area contributed by atoms with E-state index in [0.717, 1.165) is 29.6 Å². The molecule has 176 valence electrons. The Morgan fingerprint density at radius 3 is 2.44 bits per heavy atom. The highest BCUT2D eigenvalue weighted by atomic mass is 19.1. The number of aromatic nitrogens is 5. The van der Waals surface area contributed by atoms with Crippen LogP contribution in [0.2, 0.25) is 0 Å². The van der Waals surface area contributed by atoms with E-state index in [9.17, 15) is 4.39 Å². The summed E-state index contributed by atoms with van der Waals surface area (Å²) in [6.45, 7) is 6.32. The molecule has 0 radical (unpaired) electrons. The van der Waals surface area contributed by atoms with Crippen molar-refractivity contribution in [1.29, 1.82) is 0 Å². The fourth-order valence-corrected chi connectivity index (χ4v) is 4.62. The van der Waals surface area contributed by atoms with E-state index in [0.29, 0.717) is 35.3 Å². The third-order valence-corrected chi connectivity index (χ3v) is 6.23. The van der Waals surface area contributed by atoms with Gasteiger partial charge in [-0.2, -0.15) is 4.98 Å². The summed E-state index contributed by atoms with van der Waals surface area (Å²) < 4.78 is 15.6. The smallest absolute Gasteiger partial charge is 0.224 e. The maximum absolute atomic E-state index is 13.6. The lowest BCUT2D eigenvalue weighted by Gasteiger charge is -2.16. The standard InChI is InChI=1S/C26H30FN7/c1-16(2)29-17(3)21-12-13-22-24(31-21)33-25(18-8-10-19(27)11-9-18)34(22)23-14-15-28-26(32-23)30-20-6-4-5-7-20/h8-17,20,29H,4-7H2,1-3H3,(H,28,30,32). The van der Waals surface area contributed by atoms with Crippen LogP contribution in [0.5, 0.6) is 0 Å². The van der Waals surface area contributed by atoms with E-state index in [1.165, 1.54) is 25.0 Å². The zero-order valence-electron chi connectivity index (χ0n) is 19.8. The van der Waals surface area contributed by atoms with Crippen LogP contribution in [-0.2, 0) is 0 Å². The molecule has 0 saturated heterocycles. The molecule has 1 aliphatic carbocycles. The topological polar surface area (TPSA) is 80.5 Å². The highest BCUT2D eigenvalue weighted by Gasteiger charge is 2.20. The van der Waals surface area contributed by atoms with Crippen LogP contribution in [0.4, 0.5) is 10.3 Å². The minimum Gasteiger partial charge on any atom is -0.351 e. The number of rotatable bonds is 7. The maximum atomic E-state index is 13.6. The first kappa shape index (κ1) is 22.4. The molecule has 34 heavy (non-hydrogen) atoms. The monoisotopic (exact) mass is 459 g/mol. The summed E-state index contributed by atoms with van der Waals surface area (Å²) in [7, 11) is 0. The third kappa shape index (κ3) is 4.63. The first-order valence-corrected chi connectivity index (χ1v) is 12.0. The highest BCUT2D eigenvalue weighted by molar-refractivity contribution is 5.80. The van der Waals surface area contributed by atoms with Crippen molar-refractivity contribution in [3.05, 3.63) is 60.2 Å². The average molecular weight is 460 g/mol. The Balaban J connectivity index is 1.61. The zero-order chi connectivity index (χ0) is 23.7. The molecule has 5 rings (SSSR count). The second kappa shape index (κ2) is 9.46. The highest BCUT2D eigenvalue weighted by Crippen LogP contribution is 2.29. The minimum atomic E-state index is -0.287. The van der Waals surface area contributed by atoms with Gasteiger partial charge in [-0.1, -0.05) is 26.7 Å². The van der Waals surface area contributed by atoms with Crippen LogP contribution < -0.4 is 10.6 Å². The Hall–Kier alpha value is -3.39. The quantitative estimate of drug-likeness (QED) is 0.384. The molecule has 1 aliphatic rings. The molecule has 0 amide bonds. The summed E-state index contributed by atoms with van der Waals surface area (Å²) in [5.74, 6) is 1.68. The van der Waals surface area contributed by atoms with Gasteiger partial charge in [0.05, 0.1) is 11.2 Å². The van der Waals surface area contributed by atoms with E-state index in [1.807, 2.05) is 22.8 Å². The summed E-state index contributed by atoms with van der Waals surface area (Å²) >= 11 is 0. The van der Waals surface area contributed by atoms with E-state index in [-0.39, 0.29) is 11.9 Å². The van der Waals surface area contributed by atoms with Crippen LogP contribution in [0.15, 0.2) is 48.7 Å². The molecule has 4 aromatic rings. The van der Waals surface area contributed by atoms with Crippen molar-refractivity contribution >= 4 is 17.1 Å². The largest absolute Gasteiger partial charge is 0.351 e. The van der Waals surface area contributed by atoms with E-state index in [2.05, 4.69) is 36.4 Å². The first-order valence-electron chi connectivity index (χ1n) is 12.0. The van der Waals surface area contributed by atoms with Gasteiger partial charge in [0.1, 0.15) is 17.5 Å². The summed E-state index contributed by atoms with van der Waals surface area (Å²) in [5, 5.41) is 6.96. The number of imidazole rings is 1. The van der Waals surface area contributed by atoms with Crippen LogP contribution >= 0.6 is 0 Å². The second-order valence-corrected chi connectivity index (χ2v) is 9.26. The van der Waals surface area contributed by atoms with Crippen molar-refractivity contribution in [3.8, 4) is 17.2 Å². The maximum Gasteiger partial charge on any atom is 0.224 e. The predicted molar refractivity (Wildman–Crippen MR) is 132 cm³/mol. The van der Waals surface area contributed by atoms with Crippen LogP contribution in [-0.4, -0.2) is 36.6 Å². The number of pyridine rings is 1. The van der Waals surface area contributed by atoms with Crippen LogP contribution in [0, 0.1) is 5.82 Å². The van der Waals surface area contributed by atoms with Crippen molar-refractivity contribution in [3.63, 3.8) is 0 Å². The van der Waals surface area contributed by atoms with Gasteiger partial charge in [0.15, 0.2) is 5.65 Å². The number of benzene rings is 1. The summed E-state index contributed by atoms with van der Waals surface area (Å²) in [4.78, 5) is 19.0. The molecule has 1 fully saturated rings. The number of hydrogen-bond acceptors (Lipinski definition) is 6. The van der Waals surface area contributed by atoms with Gasteiger partial charge in [0.25, 0.3) is 0 Å². The molecule has 0 spiro atoms. The molecule has 0 bridgehead atoms. The summed E-state index contributed by atoms with van der Waals surface area (Å²) in [6.07, 6.45) is 6.50. The van der Waals surface area contributed by atoms with Crippen molar-refractivity contribution in [2.75, 3.05) is 5.32 Å². The van der Waals surface area contributed by atoms with Crippen LogP contribution in [0.25, 0.3) is 28.4 Å². The first-order chi connectivity index (χ1) is 16.5. The fraction of sp³-hybridized carbons (Fsp3) is 0.385. The Morgan fingerprint density at radius 2 is 1.71 bits per heavy atom. The van der Waals surface area contributed by atoms with Gasteiger partial charge >= 0.3 is 0 Å². The lowest BCUT2D eigenvalue weighted by atomic mass is 10.2. The van der Waals surface area contributed by atoms with Crippen molar-refractivity contribution in [1.82, 2.24) is 29.8 Å². The van der Waals surface area contributed by atoms with Crippen molar-refractivity contribution < 1.29 is 4.39 Å². The number of nitrogens with zero attached hydrogens (tertiary/aromatic N) is 5. The summed E-state index contributed by atoms with van der Waals surface area (Å²) in [5.41, 5.74) is 3.17. The Bertz CT molecular complexity index is 1280. The number of fused-ring (bicyclic) bond motifs is 1. The van der Waals surface area contributed by atoms with Gasteiger partial charge in [-0.25, -0.2) is 19.3 Å². The van der Waals surface area contributed by atoms with Crippen molar-refractivity contribution in [2.24, 2.45) is 0 Å². The lowest BCUT2D eigenvalue weighted by molar-refractivity contribution is 0.498. The molecule has 3 heterocycles. The molecule has 8 heteroatoms. The number of hydrogen-bond donors (Lipinski definition) is 2. The van der Waals surface area contributed by atoms with Crippen LogP contribution in [0.1, 0.15) is 58.2 Å². The molecule has 3 aromatic heterocycles. The molecule has 1 atom stereocenters. The van der Waals surface area contributed by atoms with E-state index < -0.39 is 0 Å². The molecular weight excluding hydrogens is 429 g/mol. The van der Waals surface area contributed by atoms with Gasteiger partial charge in [0, 0.05) is 29.9 Å². The molecule has 1 aromatic carbocycles. The molecule has 2 N–H and O–H groups in total. The fourth-order valence-electron chi connectivity index (χ4n) is 4.62. The van der Waals surface area contributed by atoms with Gasteiger partial charge in [-0.05, 0) is 62.2 Å². The van der Waals surface area contributed by atoms with Crippen LogP contribution in [0.3, 0.4) is 0 Å². The minimum absolute atomic E-state index is 0.0880. The molecular formula is C26H30FN7. The lowest BCUT2D eigenvalue weighted by Crippen LogP contribution is -2.26. The number of anilines is 1. The van der Waals surface area contributed by atoms with E-state index in [4.69, 9.17) is 15.0 Å². The molecule has 0 aliphatic heterocycles. The van der Waals surface area contributed by atoms with Gasteiger partial charge in [-0.3, -0.25) is 4.57 Å². The second-order valence-electron chi connectivity index (χ2n) is 9.26. The van der Waals surface area contributed by atoms with Gasteiger partial charge in [-0.15, -0.1) is 0 Å². The third-order valence-electron chi connectivity index (χ3n) is 6.23. The van der Waals surface area contributed by atoms with Crippen molar-refractivity contribution in [2.45, 2.75) is 64.6 Å². The number of nitrogens with one attached hydrogen (secondary N) is 2. The molecule has 7 nitrogen and oxygen atoms in total. The van der Waals surface area contributed by atoms with Gasteiger partial charge < -0.3 is 10.6 Å². The normalized spacial score (nSPS) is 15.3. The van der Waals surface area contributed by atoms with Gasteiger partial charge in [0.2, 0.25) is 5.95 Å². The Labute approximate surface area is 198 Å². The SMILES string of the molecule is CC(C)NC(C)c1ccc2c(n1)nc(-c1ccc(F)cc1)n2-c1ccnc(NC2CCCC2)n1. The Morgan fingerprint density at radius 1 is 0.941 bits per heavy atom. The van der Waals surface area contributed by atoms with E-state index >= 15 is 0 Å². The number of halogens is 1. The summed E-state index contributed by atoms with van der Waals surface area (Å²) in [6, 6.07) is 13.1. The Kier molecular flexibility index (Phi) is 6.24. The molecule has 1 saturated carbocycles. The zero-order valence-corrected chi connectivity index (χ0v) is 19.8. The van der Waals surface area contributed by atoms with E-state index in [1.54, 1.807) is 18.3 Å². The predicted octanol–water partition coefficient (Wildman–Crippen LogP) is 5.43. The average Bonchev–Trinajstić information content (AvgIpc) is 3.46. The molecule has 1 unspecified atom stereocenters.